The molecule has 0 aromatic heterocycles. The monoisotopic (exact) mass is 197 g/mol. The van der Waals surface area contributed by atoms with Gasteiger partial charge in [0.05, 0.1) is 0 Å². The van der Waals surface area contributed by atoms with Crippen LogP contribution in [-0.2, 0) is 4.79 Å². The zero-order valence-corrected chi connectivity index (χ0v) is 7.24. The molecule has 0 aromatic rings. The lowest BCUT2D eigenvalue weighted by Crippen LogP contribution is -2.20. The van der Waals surface area contributed by atoms with Crippen molar-refractivity contribution in [3.63, 3.8) is 0 Å². The Hall–Kier alpha value is 0.300. The number of carbonyl (C=O) groups excluding carboxylic acids is 1. The summed E-state index contributed by atoms with van der Waals surface area (Å²) in [5.41, 5.74) is 0. The van der Waals surface area contributed by atoms with E-state index in [9.17, 15) is 4.79 Å². The maximum atomic E-state index is 9.82. The minimum Gasteiger partial charge on any atom is -0.387 e. The molecule has 60 valence electrons. The highest BCUT2D eigenvalue weighted by molar-refractivity contribution is 5.86. The zero-order chi connectivity index (χ0) is 4.99. The summed E-state index contributed by atoms with van der Waals surface area (Å²) in [6, 6.07) is 0. The van der Waals surface area contributed by atoms with E-state index in [2.05, 4.69) is 5.32 Å². The van der Waals surface area contributed by atoms with Crippen LogP contribution in [0, 0.1) is 0 Å². The number of rotatable bonds is 1. The molecule has 0 aromatic carbocycles. The highest BCUT2D eigenvalue weighted by atomic mass is 35.5. The molecular formula is C3H10Cl3NO2. The minimum absolute atomic E-state index is 0. The first-order valence-electron chi connectivity index (χ1n) is 1.62. The standard InChI is InChI=1S/C3H7NO2.3ClH/c1-4-3(6)2-5;;;/h5H,2H2,1H3,(H,4,6);3*1H. The number of likely N-dealkylation sites (N-methyl/N-ethyl adjacent to an activating group) is 1. The van der Waals surface area contributed by atoms with E-state index < -0.39 is 6.61 Å². The molecule has 0 radical (unpaired) electrons. The Labute approximate surface area is 72.4 Å². The highest BCUT2D eigenvalue weighted by Gasteiger charge is 1.86. The summed E-state index contributed by atoms with van der Waals surface area (Å²) in [4.78, 5) is 9.82. The molecule has 3 nitrogen and oxygen atoms in total. The van der Waals surface area contributed by atoms with E-state index in [0.717, 1.165) is 0 Å². The average Bonchev–Trinajstić information content (AvgIpc) is 1.65. The Kier molecular flexibility index (Phi) is 39.9. The molecule has 6 heteroatoms. The van der Waals surface area contributed by atoms with Gasteiger partial charge in [0.25, 0.3) is 0 Å². The molecule has 0 aliphatic rings. The quantitative estimate of drug-likeness (QED) is 0.623. The van der Waals surface area contributed by atoms with E-state index in [1.807, 2.05) is 0 Å². The van der Waals surface area contributed by atoms with E-state index in [0.29, 0.717) is 0 Å². The number of aliphatic hydroxyl groups is 1. The van der Waals surface area contributed by atoms with Gasteiger partial charge in [0.2, 0.25) is 5.91 Å². The maximum Gasteiger partial charge on any atom is 0.245 e. The predicted octanol–water partition coefficient (Wildman–Crippen LogP) is -0.00990. The van der Waals surface area contributed by atoms with Crippen molar-refractivity contribution in [3.8, 4) is 0 Å². The van der Waals surface area contributed by atoms with Crippen molar-refractivity contribution < 1.29 is 9.90 Å². The Morgan fingerprint density at radius 3 is 1.78 bits per heavy atom. The number of carbonyl (C=O) groups is 1. The van der Waals surface area contributed by atoms with Gasteiger partial charge in [-0.05, 0) is 0 Å². The van der Waals surface area contributed by atoms with Crippen LogP contribution < -0.4 is 5.32 Å². The molecule has 0 aliphatic heterocycles. The van der Waals surface area contributed by atoms with Gasteiger partial charge in [0, 0.05) is 7.05 Å². The Bertz CT molecular complexity index is 55.0. The van der Waals surface area contributed by atoms with Crippen molar-refractivity contribution in [2.75, 3.05) is 13.7 Å². The van der Waals surface area contributed by atoms with E-state index in [1.165, 1.54) is 7.05 Å². The van der Waals surface area contributed by atoms with Crippen molar-refractivity contribution in [3.05, 3.63) is 0 Å². The fourth-order valence-electron chi connectivity index (χ4n) is 0.0791. The van der Waals surface area contributed by atoms with Gasteiger partial charge < -0.3 is 10.4 Å². The molecular weight excluding hydrogens is 188 g/mol. The second-order valence-corrected chi connectivity index (χ2v) is 0.831. The Morgan fingerprint density at radius 1 is 1.44 bits per heavy atom. The van der Waals surface area contributed by atoms with Crippen LogP contribution in [0.15, 0.2) is 0 Å². The van der Waals surface area contributed by atoms with Gasteiger partial charge in [-0.1, -0.05) is 0 Å². The van der Waals surface area contributed by atoms with E-state index in [4.69, 9.17) is 5.11 Å². The summed E-state index contributed by atoms with van der Waals surface area (Å²) in [5, 5.41) is 10.1. The molecule has 0 spiro atoms. The number of hydrogen-bond acceptors (Lipinski definition) is 2. The number of halogens is 3. The smallest absolute Gasteiger partial charge is 0.245 e. The van der Waals surface area contributed by atoms with E-state index in [-0.39, 0.29) is 43.1 Å². The van der Waals surface area contributed by atoms with Crippen molar-refractivity contribution in [1.82, 2.24) is 5.32 Å². The third kappa shape index (κ3) is 17.8. The van der Waals surface area contributed by atoms with Crippen LogP contribution in [0.25, 0.3) is 0 Å². The normalized spacial score (nSPS) is 5.11. The van der Waals surface area contributed by atoms with Gasteiger partial charge >= 0.3 is 0 Å². The lowest BCUT2D eigenvalue weighted by Gasteiger charge is -1.86. The van der Waals surface area contributed by atoms with Crippen molar-refractivity contribution in [1.29, 1.82) is 0 Å². The molecule has 9 heavy (non-hydrogen) atoms. The first kappa shape index (κ1) is 22.8. The SMILES string of the molecule is CNC(=O)CO.Cl.Cl.Cl. The van der Waals surface area contributed by atoms with Crippen molar-refractivity contribution in [2.24, 2.45) is 0 Å². The fourth-order valence-corrected chi connectivity index (χ4v) is 0.0791. The van der Waals surface area contributed by atoms with Crippen LogP contribution in [0.1, 0.15) is 0 Å². The molecule has 0 atom stereocenters. The van der Waals surface area contributed by atoms with Gasteiger partial charge in [0.15, 0.2) is 0 Å². The van der Waals surface area contributed by atoms with Gasteiger partial charge in [-0.2, -0.15) is 0 Å². The average molecular weight is 198 g/mol. The summed E-state index contributed by atoms with van der Waals surface area (Å²) in [5.74, 6) is -0.352. The molecule has 0 saturated carbocycles. The summed E-state index contributed by atoms with van der Waals surface area (Å²) in [6.07, 6.45) is 0. The van der Waals surface area contributed by atoms with Crippen LogP contribution in [0.2, 0.25) is 0 Å². The molecule has 2 N–H and O–H groups in total. The number of nitrogens with one attached hydrogen (secondary N) is 1. The third-order valence-corrected chi connectivity index (χ3v) is 0.422. The Morgan fingerprint density at radius 2 is 1.78 bits per heavy atom. The Balaban J connectivity index is -0.0000000417. The molecule has 1 amide bonds. The maximum absolute atomic E-state index is 9.82. The third-order valence-electron chi connectivity index (χ3n) is 0.422. The minimum atomic E-state index is -0.420. The van der Waals surface area contributed by atoms with Crippen LogP contribution in [0.5, 0.6) is 0 Å². The van der Waals surface area contributed by atoms with Crippen molar-refractivity contribution in [2.45, 2.75) is 0 Å². The lowest BCUT2D eigenvalue weighted by atomic mass is 10.7. The molecule has 0 fully saturated rings. The topological polar surface area (TPSA) is 49.3 Å². The molecule has 0 saturated heterocycles. The van der Waals surface area contributed by atoms with Gasteiger partial charge in [0.1, 0.15) is 6.61 Å². The summed E-state index contributed by atoms with van der Waals surface area (Å²) in [7, 11) is 1.47. The van der Waals surface area contributed by atoms with Crippen LogP contribution in [0.3, 0.4) is 0 Å². The number of amides is 1. The lowest BCUT2D eigenvalue weighted by molar-refractivity contribution is -0.123. The number of aliphatic hydroxyl groups excluding tert-OH is 1. The largest absolute Gasteiger partial charge is 0.387 e. The van der Waals surface area contributed by atoms with E-state index in [1.54, 1.807) is 0 Å². The van der Waals surface area contributed by atoms with Gasteiger partial charge in [-0.25, -0.2) is 0 Å². The first-order chi connectivity index (χ1) is 2.81. The van der Waals surface area contributed by atoms with E-state index >= 15 is 0 Å². The highest BCUT2D eigenvalue weighted by Crippen LogP contribution is 1.51. The second kappa shape index (κ2) is 15.7. The van der Waals surface area contributed by atoms with Crippen LogP contribution in [0.4, 0.5) is 0 Å². The summed E-state index contributed by atoms with van der Waals surface area (Å²) < 4.78 is 0. The fraction of sp³-hybridized carbons (Fsp3) is 0.667. The van der Waals surface area contributed by atoms with Crippen molar-refractivity contribution >= 4 is 43.1 Å². The van der Waals surface area contributed by atoms with Gasteiger partial charge in [-0.3, -0.25) is 4.79 Å². The second-order valence-electron chi connectivity index (χ2n) is 0.831. The molecule has 0 bridgehead atoms. The molecule has 0 heterocycles. The first-order valence-corrected chi connectivity index (χ1v) is 1.62. The van der Waals surface area contributed by atoms with Crippen LogP contribution >= 0.6 is 37.2 Å². The number of hydrogen-bond donors (Lipinski definition) is 2. The zero-order valence-electron chi connectivity index (χ0n) is 4.79. The predicted molar refractivity (Wildman–Crippen MR) is 42.9 cm³/mol. The molecule has 0 unspecified atom stereocenters. The summed E-state index contributed by atoms with van der Waals surface area (Å²) in [6.45, 7) is -0.420. The van der Waals surface area contributed by atoms with Crippen LogP contribution in [-0.4, -0.2) is 24.7 Å². The van der Waals surface area contributed by atoms with Gasteiger partial charge in [-0.15, -0.1) is 37.2 Å². The molecule has 0 rings (SSSR count). The summed E-state index contributed by atoms with van der Waals surface area (Å²) >= 11 is 0. The molecule has 0 aliphatic carbocycles.